The predicted octanol–water partition coefficient (Wildman–Crippen LogP) is 3.48. The molecule has 0 amide bonds. The van der Waals surface area contributed by atoms with Gasteiger partial charge in [0.05, 0.1) is 17.8 Å². The third kappa shape index (κ3) is 3.05. The maximum atomic E-state index is 13.0. The number of halogens is 2. The summed E-state index contributed by atoms with van der Waals surface area (Å²) in [6.07, 6.45) is 0.888. The molecule has 0 saturated heterocycles. The Kier molecular flexibility index (Phi) is 4.19. The van der Waals surface area contributed by atoms with E-state index in [9.17, 15) is 9.18 Å². The molecule has 5 nitrogen and oxygen atoms in total. The highest BCUT2D eigenvalue weighted by Gasteiger charge is 2.16. The van der Waals surface area contributed by atoms with E-state index in [-0.39, 0.29) is 11.4 Å². The van der Waals surface area contributed by atoms with E-state index in [1.807, 2.05) is 0 Å². The number of hydrogen-bond donors (Lipinski definition) is 1. The van der Waals surface area contributed by atoms with Crippen LogP contribution in [0.15, 0.2) is 34.9 Å². The molecule has 0 aliphatic heterocycles. The molecule has 0 spiro atoms. The highest BCUT2D eigenvalue weighted by atomic mass is 79.9. The van der Waals surface area contributed by atoms with Crippen molar-refractivity contribution in [1.82, 2.24) is 4.98 Å². The van der Waals surface area contributed by atoms with Crippen molar-refractivity contribution in [3.8, 4) is 17.4 Å². The smallest absolute Gasteiger partial charge is 0.341 e. The third-order valence-electron chi connectivity index (χ3n) is 2.39. The first kappa shape index (κ1) is 14.3. The highest BCUT2D eigenvalue weighted by Crippen LogP contribution is 2.33. The minimum absolute atomic E-state index is 0.190. The van der Waals surface area contributed by atoms with Gasteiger partial charge in [-0.2, -0.15) is 0 Å². The molecule has 0 aliphatic rings. The van der Waals surface area contributed by atoms with E-state index in [4.69, 9.17) is 14.6 Å². The number of carboxylic acid groups (broad SMARTS) is 1. The second-order valence-corrected chi connectivity index (χ2v) is 4.56. The van der Waals surface area contributed by atoms with E-state index < -0.39 is 11.8 Å². The molecule has 0 atom stereocenters. The first-order valence-corrected chi connectivity index (χ1v) is 6.21. The minimum Gasteiger partial charge on any atom is -0.497 e. The lowest BCUT2D eigenvalue weighted by Gasteiger charge is -2.10. The van der Waals surface area contributed by atoms with Crippen LogP contribution in [0, 0.1) is 5.82 Å². The van der Waals surface area contributed by atoms with Crippen molar-refractivity contribution < 1.29 is 23.8 Å². The van der Waals surface area contributed by atoms with Crippen LogP contribution in [-0.4, -0.2) is 23.2 Å². The molecule has 0 radical (unpaired) electrons. The Hall–Kier alpha value is -2.15. The van der Waals surface area contributed by atoms with E-state index in [1.165, 1.54) is 7.11 Å². The van der Waals surface area contributed by atoms with Gasteiger partial charge < -0.3 is 14.6 Å². The zero-order valence-corrected chi connectivity index (χ0v) is 11.8. The fourth-order valence-electron chi connectivity index (χ4n) is 1.46. The van der Waals surface area contributed by atoms with Crippen molar-refractivity contribution in [1.29, 1.82) is 0 Å². The second kappa shape index (κ2) is 5.87. The number of carbonyl (C=O) groups is 1. The molecule has 1 aromatic carbocycles. The SMILES string of the molecule is COc1ccc(Oc2ncc(F)cc2C(=O)O)c(Br)c1. The summed E-state index contributed by atoms with van der Waals surface area (Å²) in [5.74, 6) is -1.31. The number of ether oxygens (including phenoxy) is 2. The summed E-state index contributed by atoms with van der Waals surface area (Å²) in [4.78, 5) is 14.7. The van der Waals surface area contributed by atoms with Crippen LogP contribution in [0.1, 0.15) is 10.4 Å². The summed E-state index contributed by atoms with van der Waals surface area (Å²) in [7, 11) is 1.52. The second-order valence-electron chi connectivity index (χ2n) is 3.71. The molecule has 0 unspecified atom stereocenters. The van der Waals surface area contributed by atoms with Crippen molar-refractivity contribution in [2.45, 2.75) is 0 Å². The lowest BCUT2D eigenvalue weighted by atomic mass is 10.2. The maximum Gasteiger partial charge on any atom is 0.341 e. The topological polar surface area (TPSA) is 68.7 Å². The third-order valence-corrected chi connectivity index (χ3v) is 3.01. The van der Waals surface area contributed by atoms with Crippen molar-refractivity contribution in [3.63, 3.8) is 0 Å². The molecule has 20 heavy (non-hydrogen) atoms. The molecule has 0 aliphatic carbocycles. The van der Waals surface area contributed by atoms with Crippen LogP contribution in [-0.2, 0) is 0 Å². The Bertz CT molecular complexity index is 663. The van der Waals surface area contributed by atoms with Crippen molar-refractivity contribution in [2.75, 3.05) is 7.11 Å². The van der Waals surface area contributed by atoms with E-state index >= 15 is 0 Å². The molecule has 1 N–H and O–H groups in total. The summed E-state index contributed by atoms with van der Waals surface area (Å²) < 4.78 is 24.0. The minimum atomic E-state index is -1.32. The van der Waals surface area contributed by atoms with E-state index in [0.717, 1.165) is 12.3 Å². The number of pyridine rings is 1. The number of carboxylic acids is 1. The van der Waals surface area contributed by atoms with Gasteiger partial charge in [-0.25, -0.2) is 14.2 Å². The highest BCUT2D eigenvalue weighted by molar-refractivity contribution is 9.10. The molecule has 2 rings (SSSR count). The van der Waals surface area contributed by atoms with Gasteiger partial charge in [0, 0.05) is 0 Å². The van der Waals surface area contributed by atoms with Gasteiger partial charge in [0.1, 0.15) is 22.9 Å². The van der Waals surface area contributed by atoms with Crippen LogP contribution in [0.5, 0.6) is 17.4 Å². The zero-order chi connectivity index (χ0) is 14.7. The van der Waals surface area contributed by atoms with Gasteiger partial charge in [-0.3, -0.25) is 0 Å². The summed E-state index contributed by atoms with van der Waals surface area (Å²) in [6.45, 7) is 0. The number of rotatable bonds is 4. The van der Waals surface area contributed by atoms with E-state index in [0.29, 0.717) is 16.0 Å². The van der Waals surface area contributed by atoms with Crippen molar-refractivity contribution in [2.24, 2.45) is 0 Å². The number of benzene rings is 1. The Morgan fingerprint density at radius 1 is 1.40 bits per heavy atom. The van der Waals surface area contributed by atoms with Gasteiger partial charge in [0.2, 0.25) is 5.88 Å². The van der Waals surface area contributed by atoms with Crippen LogP contribution in [0.2, 0.25) is 0 Å². The van der Waals surface area contributed by atoms with Gasteiger partial charge in [-0.15, -0.1) is 0 Å². The number of nitrogens with zero attached hydrogens (tertiary/aromatic N) is 1. The number of methoxy groups -OCH3 is 1. The van der Waals surface area contributed by atoms with E-state index in [2.05, 4.69) is 20.9 Å². The van der Waals surface area contributed by atoms with Crippen LogP contribution in [0.3, 0.4) is 0 Å². The summed E-state index contributed by atoms with van der Waals surface area (Å²) in [5, 5.41) is 9.00. The lowest BCUT2D eigenvalue weighted by Crippen LogP contribution is -2.03. The summed E-state index contributed by atoms with van der Waals surface area (Å²) in [5.41, 5.74) is -0.354. The quantitative estimate of drug-likeness (QED) is 0.921. The van der Waals surface area contributed by atoms with Gasteiger partial charge in [-0.1, -0.05) is 0 Å². The Morgan fingerprint density at radius 2 is 2.15 bits per heavy atom. The fraction of sp³-hybridized carbons (Fsp3) is 0.0769. The van der Waals surface area contributed by atoms with Crippen LogP contribution < -0.4 is 9.47 Å². The Balaban J connectivity index is 2.37. The van der Waals surface area contributed by atoms with Gasteiger partial charge in [-0.05, 0) is 40.2 Å². The number of aromatic nitrogens is 1. The zero-order valence-electron chi connectivity index (χ0n) is 10.3. The first-order valence-electron chi connectivity index (χ1n) is 5.41. The molecule has 0 saturated carbocycles. The Labute approximate surface area is 122 Å². The van der Waals surface area contributed by atoms with E-state index in [1.54, 1.807) is 18.2 Å². The van der Waals surface area contributed by atoms with Crippen LogP contribution in [0.25, 0.3) is 0 Å². The molecule has 2 aromatic rings. The maximum absolute atomic E-state index is 13.0. The van der Waals surface area contributed by atoms with Crippen LogP contribution in [0.4, 0.5) is 4.39 Å². The van der Waals surface area contributed by atoms with Crippen LogP contribution >= 0.6 is 15.9 Å². The first-order chi connectivity index (χ1) is 9.51. The Morgan fingerprint density at radius 3 is 2.75 bits per heavy atom. The molecule has 0 bridgehead atoms. The molecule has 104 valence electrons. The largest absolute Gasteiger partial charge is 0.497 e. The molecule has 7 heteroatoms. The van der Waals surface area contributed by atoms with Gasteiger partial charge in [0.15, 0.2) is 0 Å². The molecule has 1 aromatic heterocycles. The number of aromatic carboxylic acids is 1. The number of hydrogen-bond acceptors (Lipinski definition) is 4. The van der Waals surface area contributed by atoms with Crippen molar-refractivity contribution >= 4 is 21.9 Å². The average Bonchev–Trinajstić information content (AvgIpc) is 2.42. The monoisotopic (exact) mass is 341 g/mol. The fourth-order valence-corrected chi connectivity index (χ4v) is 1.90. The summed E-state index contributed by atoms with van der Waals surface area (Å²) in [6, 6.07) is 5.73. The average molecular weight is 342 g/mol. The molecular weight excluding hydrogens is 333 g/mol. The lowest BCUT2D eigenvalue weighted by molar-refractivity contribution is 0.0692. The van der Waals surface area contributed by atoms with Gasteiger partial charge in [0.25, 0.3) is 0 Å². The summed E-state index contributed by atoms with van der Waals surface area (Å²) >= 11 is 3.27. The standard InChI is InChI=1S/C13H9BrFNO4/c1-19-8-2-3-11(10(14)5-8)20-12-9(13(17)18)4-7(15)6-16-12/h2-6H,1H3,(H,17,18). The van der Waals surface area contributed by atoms with Gasteiger partial charge >= 0.3 is 5.97 Å². The molecular formula is C13H9BrFNO4. The predicted molar refractivity (Wildman–Crippen MR) is 71.9 cm³/mol. The normalized spacial score (nSPS) is 10.2. The molecule has 1 heterocycles. The van der Waals surface area contributed by atoms with Crippen molar-refractivity contribution in [3.05, 3.63) is 46.3 Å². The molecule has 0 fully saturated rings.